The van der Waals surface area contributed by atoms with E-state index in [0.29, 0.717) is 45.6 Å². The molecule has 6 nitrogen and oxygen atoms in total. The Bertz CT molecular complexity index is 1010. The van der Waals surface area contributed by atoms with Gasteiger partial charge in [0.25, 0.3) is 5.91 Å². The molecule has 0 radical (unpaired) electrons. The molecule has 0 aliphatic heterocycles. The Kier molecular flexibility index (Phi) is 6.71. The predicted molar refractivity (Wildman–Crippen MR) is 110 cm³/mol. The van der Waals surface area contributed by atoms with Gasteiger partial charge in [0, 0.05) is 10.6 Å². The summed E-state index contributed by atoms with van der Waals surface area (Å²) in [6, 6.07) is 18.8. The third-order valence-electron chi connectivity index (χ3n) is 3.87. The van der Waals surface area contributed by atoms with Crippen LogP contribution >= 0.6 is 11.6 Å². The van der Waals surface area contributed by atoms with Crippen molar-refractivity contribution >= 4 is 29.5 Å². The van der Waals surface area contributed by atoms with Crippen LogP contribution in [0.25, 0.3) is 0 Å². The lowest BCUT2D eigenvalue weighted by molar-refractivity contribution is -0.118. The standard InChI is InChI=1S/C22H18ClNO5/c1-27-21-11-15(13-25)7-9-20(21)28-14-22(26)24-18-12-16(23)8-10-19(18)29-17-5-3-2-4-6-17/h2-13H,14H2,1H3,(H,24,26). The van der Waals surface area contributed by atoms with Crippen molar-refractivity contribution in [2.24, 2.45) is 0 Å². The third-order valence-corrected chi connectivity index (χ3v) is 4.10. The Morgan fingerprint density at radius 3 is 2.48 bits per heavy atom. The molecule has 0 saturated carbocycles. The van der Waals surface area contributed by atoms with Crippen LogP contribution in [0.5, 0.6) is 23.0 Å². The van der Waals surface area contributed by atoms with Crippen molar-refractivity contribution in [3.63, 3.8) is 0 Å². The van der Waals surface area contributed by atoms with Crippen molar-refractivity contribution in [1.82, 2.24) is 0 Å². The van der Waals surface area contributed by atoms with E-state index in [2.05, 4.69) is 5.32 Å². The SMILES string of the molecule is COc1cc(C=O)ccc1OCC(=O)Nc1cc(Cl)ccc1Oc1ccccc1. The van der Waals surface area contributed by atoms with Crippen LogP contribution in [0.2, 0.25) is 5.02 Å². The molecule has 1 N–H and O–H groups in total. The molecule has 0 unspecified atom stereocenters. The summed E-state index contributed by atoms with van der Waals surface area (Å²) in [5.74, 6) is 1.37. The molecule has 0 fully saturated rings. The lowest BCUT2D eigenvalue weighted by Gasteiger charge is -2.14. The lowest BCUT2D eigenvalue weighted by Crippen LogP contribution is -2.20. The number of amides is 1. The highest BCUT2D eigenvalue weighted by molar-refractivity contribution is 6.31. The first-order chi connectivity index (χ1) is 14.1. The Morgan fingerprint density at radius 1 is 1.00 bits per heavy atom. The molecule has 0 aliphatic carbocycles. The smallest absolute Gasteiger partial charge is 0.262 e. The largest absolute Gasteiger partial charge is 0.493 e. The number of aldehydes is 1. The van der Waals surface area contributed by atoms with Crippen LogP contribution in [0.3, 0.4) is 0 Å². The maximum Gasteiger partial charge on any atom is 0.262 e. The lowest BCUT2D eigenvalue weighted by atomic mass is 10.2. The second-order valence-corrected chi connectivity index (χ2v) is 6.36. The van der Waals surface area contributed by atoms with E-state index in [1.54, 1.807) is 42.5 Å². The van der Waals surface area contributed by atoms with Crippen LogP contribution in [-0.2, 0) is 4.79 Å². The third kappa shape index (κ3) is 5.49. The second-order valence-electron chi connectivity index (χ2n) is 5.92. The molecule has 0 heterocycles. The minimum absolute atomic E-state index is 0.270. The van der Waals surface area contributed by atoms with Crippen molar-refractivity contribution in [2.75, 3.05) is 19.0 Å². The molecule has 29 heavy (non-hydrogen) atoms. The van der Waals surface area contributed by atoms with Crippen LogP contribution in [-0.4, -0.2) is 25.9 Å². The highest BCUT2D eigenvalue weighted by Crippen LogP contribution is 2.32. The molecule has 0 atom stereocenters. The number of carbonyl (C=O) groups excluding carboxylic acids is 2. The number of hydrogen-bond donors (Lipinski definition) is 1. The van der Waals surface area contributed by atoms with Gasteiger partial charge in [-0.15, -0.1) is 0 Å². The summed E-state index contributed by atoms with van der Waals surface area (Å²) in [6.45, 7) is -0.270. The molecule has 148 valence electrons. The van der Waals surface area contributed by atoms with Gasteiger partial charge in [0.05, 0.1) is 12.8 Å². The Labute approximate surface area is 173 Å². The molecule has 3 aromatic rings. The van der Waals surface area contributed by atoms with Crippen molar-refractivity contribution in [3.05, 3.63) is 77.3 Å². The molecule has 3 aromatic carbocycles. The quantitative estimate of drug-likeness (QED) is 0.530. The van der Waals surface area contributed by atoms with E-state index in [4.69, 9.17) is 25.8 Å². The van der Waals surface area contributed by atoms with Gasteiger partial charge in [0.1, 0.15) is 12.0 Å². The number of methoxy groups -OCH3 is 1. The van der Waals surface area contributed by atoms with E-state index in [9.17, 15) is 9.59 Å². The number of benzene rings is 3. The van der Waals surface area contributed by atoms with Gasteiger partial charge in [0.15, 0.2) is 23.9 Å². The minimum Gasteiger partial charge on any atom is -0.493 e. The normalized spacial score (nSPS) is 10.1. The zero-order chi connectivity index (χ0) is 20.6. The molecular formula is C22H18ClNO5. The Morgan fingerprint density at radius 2 is 1.76 bits per heavy atom. The first-order valence-corrected chi connectivity index (χ1v) is 9.05. The monoisotopic (exact) mass is 411 g/mol. The van der Waals surface area contributed by atoms with Gasteiger partial charge in [-0.2, -0.15) is 0 Å². The van der Waals surface area contributed by atoms with Crippen LogP contribution in [0, 0.1) is 0 Å². The molecule has 0 saturated heterocycles. The van der Waals surface area contributed by atoms with Gasteiger partial charge >= 0.3 is 0 Å². The first kappa shape index (κ1) is 20.2. The van der Waals surface area contributed by atoms with E-state index in [1.807, 2.05) is 18.2 Å². The van der Waals surface area contributed by atoms with Crippen LogP contribution < -0.4 is 19.5 Å². The van der Waals surface area contributed by atoms with E-state index < -0.39 is 5.91 Å². The van der Waals surface area contributed by atoms with Gasteiger partial charge in [-0.3, -0.25) is 9.59 Å². The maximum atomic E-state index is 12.4. The van der Waals surface area contributed by atoms with E-state index in [1.165, 1.54) is 13.2 Å². The summed E-state index contributed by atoms with van der Waals surface area (Å²) >= 11 is 6.06. The molecular weight excluding hydrogens is 394 g/mol. The van der Waals surface area contributed by atoms with Gasteiger partial charge in [-0.05, 0) is 48.5 Å². The summed E-state index contributed by atoms with van der Waals surface area (Å²) < 4.78 is 16.5. The van der Waals surface area contributed by atoms with Gasteiger partial charge in [0.2, 0.25) is 0 Å². The fraction of sp³-hybridized carbons (Fsp3) is 0.0909. The summed E-state index contributed by atoms with van der Waals surface area (Å²) in [6.07, 6.45) is 0.701. The summed E-state index contributed by atoms with van der Waals surface area (Å²) in [7, 11) is 1.45. The minimum atomic E-state index is -0.410. The summed E-state index contributed by atoms with van der Waals surface area (Å²) in [4.78, 5) is 23.3. The molecule has 0 aliphatic rings. The fourth-order valence-electron chi connectivity index (χ4n) is 2.51. The molecule has 0 bridgehead atoms. The second kappa shape index (κ2) is 9.61. The molecule has 3 rings (SSSR count). The average Bonchev–Trinajstić information content (AvgIpc) is 2.74. The van der Waals surface area contributed by atoms with Crippen molar-refractivity contribution < 1.29 is 23.8 Å². The molecule has 1 amide bonds. The number of nitrogens with one attached hydrogen (secondary N) is 1. The van der Waals surface area contributed by atoms with Crippen LogP contribution in [0.1, 0.15) is 10.4 Å². The predicted octanol–water partition coefficient (Wildman–Crippen LogP) is 4.97. The zero-order valence-electron chi connectivity index (χ0n) is 15.6. The van der Waals surface area contributed by atoms with Gasteiger partial charge < -0.3 is 19.5 Å². The van der Waals surface area contributed by atoms with Gasteiger partial charge in [-0.25, -0.2) is 0 Å². The number of halogens is 1. The Hall–Kier alpha value is -3.51. The maximum absolute atomic E-state index is 12.4. The molecule has 0 aromatic heterocycles. The number of para-hydroxylation sites is 1. The number of hydrogen-bond acceptors (Lipinski definition) is 5. The average molecular weight is 412 g/mol. The van der Waals surface area contributed by atoms with Crippen molar-refractivity contribution in [2.45, 2.75) is 0 Å². The van der Waals surface area contributed by atoms with Crippen LogP contribution in [0.4, 0.5) is 5.69 Å². The zero-order valence-corrected chi connectivity index (χ0v) is 16.3. The molecule has 7 heteroatoms. The topological polar surface area (TPSA) is 73.9 Å². The van der Waals surface area contributed by atoms with Crippen molar-refractivity contribution in [3.8, 4) is 23.0 Å². The van der Waals surface area contributed by atoms with E-state index in [-0.39, 0.29) is 6.61 Å². The number of carbonyl (C=O) groups is 2. The highest BCUT2D eigenvalue weighted by atomic mass is 35.5. The van der Waals surface area contributed by atoms with E-state index >= 15 is 0 Å². The molecule has 0 spiro atoms. The number of rotatable bonds is 8. The Balaban J connectivity index is 1.69. The number of anilines is 1. The van der Waals surface area contributed by atoms with Crippen molar-refractivity contribution in [1.29, 1.82) is 0 Å². The van der Waals surface area contributed by atoms with E-state index in [0.717, 1.165) is 0 Å². The highest BCUT2D eigenvalue weighted by Gasteiger charge is 2.12. The van der Waals surface area contributed by atoms with Crippen LogP contribution in [0.15, 0.2) is 66.7 Å². The number of ether oxygens (including phenoxy) is 3. The van der Waals surface area contributed by atoms with Gasteiger partial charge in [-0.1, -0.05) is 29.8 Å². The fourth-order valence-corrected chi connectivity index (χ4v) is 2.68. The first-order valence-electron chi connectivity index (χ1n) is 8.67. The summed E-state index contributed by atoms with van der Waals surface area (Å²) in [5, 5.41) is 3.18. The summed E-state index contributed by atoms with van der Waals surface area (Å²) in [5.41, 5.74) is 0.860.